The molecule has 0 aliphatic carbocycles. The minimum absolute atomic E-state index is 0.0487. The van der Waals surface area contributed by atoms with Crippen molar-refractivity contribution in [3.8, 4) is 5.69 Å². The number of nitrogens with two attached hydrogens (primary N) is 1. The number of hydrogen-bond donors (Lipinski definition) is 3. The highest BCUT2D eigenvalue weighted by Crippen LogP contribution is 2.28. The number of anilines is 2. The Morgan fingerprint density at radius 1 is 1.06 bits per heavy atom. The summed E-state index contributed by atoms with van der Waals surface area (Å²) < 4.78 is 1.79. The van der Waals surface area contributed by atoms with Crippen LogP contribution in [0.2, 0.25) is 0 Å². The maximum atomic E-state index is 13.8. The van der Waals surface area contributed by atoms with Crippen molar-refractivity contribution in [3.63, 3.8) is 0 Å². The average molecular weight is 425 g/mol. The summed E-state index contributed by atoms with van der Waals surface area (Å²) in [6.45, 7) is 5.96. The smallest absolute Gasteiger partial charge is 0.263 e. The summed E-state index contributed by atoms with van der Waals surface area (Å²) in [5, 5.41) is 5.02. The van der Waals surface area contributed by atoms with Gasteiger partial charge in [-0.05, 0) is 49.4 Å². The minimum atomic E-state index is -0.270. The second-order valence-corrected chi connectivity index (χ2v) is 7.93. The fraction of sp³-hybridized carbons (Fsp3) is 0.167. The first-order valence-corrected chi connectivity index (χ1v) is 10.4. The van der Waals surface area contributed by atoms with Crippen LogP contribution in [0.25, 0.3) is 27.6 Å². The molecule has 8 heteroatoms. The van der Waals surface area contributed by atoms with Gasteiger partial charge in [0.25, 0.3) is 5.56 Å². The van der Waals surface area contributed by atoms with Gasteiger partial charge in [-0.3, -0.25) is 9.36 Å². The average Bonchev–Trinajstić information content (AvgIpc) is 3.23. The van der Waals surface area contributed by atoms with E-state index in [9.17, 15) is 4.79 Å². The second kappa shape index (κ2) is 7.49. The van der Waals surface area contributed by atoms with Crippen LogP contribution in [0.5, 0.6) is 0 Å². The molecule has 0 fully saturated rings. The molecule has 5 aromatic rings. The van der Waals surface area contributed by atoms with E-state index in [0.717, 1.165) is 27.9 Å². The van der Waals surface area contributed by atoms with Gasteiger partial charge in [0.1, 0.15) is 5.52 Å². The van der Waals surface area contributed by atoms with E-state index < -0.39 is 0 Å². The Kier molecular flexibility index (Phi) is 4.62. The number of para-hydroxylation sites is 1. The normalized spacial score (nSPS) is 12.3. The van der Waals surface area contributed by atoms with Gasteiger partial charge in [0.15, 0.2) is 11.5 Å². The summed E-state index contributed by atoms with van der Waals surface area (Å²) >= 11 is 0. The maximum absolute atomic E-state index is 13.8. The van der Waals surface area contributed by atoms with E-state index in [2.05, 4.69) is 31.3 Å². The number of hydrogen-bond acceptors (Lipinski definition) is 6. The number of imidazole rings is 1. The van der Waals surface area contributed by atoms with Crippen molar-refractivity contribution in [1.29, 1.82) is 0 Å². The largest absolute Gasteiger partial charge is 0.368 e. The maximum Gasteiger partial charge on any atom is 0.263 e. The summed E-state index contributed by atoms with van der Waals surface area (Å²) in [5.41, 5.74) is 10.6. The molecule has 160 valence electrons. The van der Waals surface area contributed by atoms with E-state index in [1.165, 1.54) is 0 Å². The van der Waals surface area contributed by atoms with E-state index in [1.807, 2.05) is 63.2 Å². The molecule has 0 unspecified atom stereocenters. The zero-order valence-electron chi connectivity index (χ0n) is 18.0. The summed E-state index contributed by atoms with van der Waals surface area (Å²) in [4.78, 5) is 29.5. The van der Waals surface area contributed by atoms with Crippen LogP contribution in [0.15, 0.2) is 59.7 Å². The summed E-state index contributed by atoms with van der Waals surface area (Å²) in [5.74, 6) is 0.662. The van der Waals surface area contributed by atoms with Gasteiger partial charge in [0.05, 0.1) is 23.4 Å². The monoisotopic (exact) mass is 425 g/mol. The highest BCUT2D eigenvalue weighted by Gasteiger charge is 2.20. The molecular formula is C24H23N7O. The molecule has 0 aliphatic heterocycles. The molecule has 0 saturated heterocycles. The molecular weight excluding hydrogens is 402 g/mol. The molecule has 3 heterocycles. The van der Waals surface area contributed by atoms with E-state index in [0.29, 0.717) is 22.4 Å². The number of nitrogen functional groups attached to an aromatic ring is 1. The number of nitrogens with one attached hydrogen (secondary N) is 2. The summed E-state index contributed by atoms with van der Waals surface area (Å²) in [6, 6.07) is 15.6. The van der Waals surface area contributed by atoms with Gasteiger partial charge < -0.3 is 16.0 Å². The molecule has 1 atom stereocenters. The number of fused-ring (bicyclic) bond motifs is 2. The molecule has 0 aliphatic rings. The number of H-pyrrole nitrogens is 1. The first kappa shape index (κ1) is 19.7. The highest BCUT2D eigenvalue weighted by molar-refractivity contribution is 5.86. The Bertz CT molecular complexity index is 1530. The van der Waals surface area contributed by atoms with Crippen molar-refractivity contribution in [2.75, 3.05) is 11.1 Å². The van der Waals surface area contributed by atoms with Crippen LogP contribution < -0.4 is 16.6 Å². The minimum Gasteiger partial charge on any atom is -0.368 e. The molecule has 2 aromatic carbocycles. The molecule has 32 heavy (non-hydrogen) atoms. The first-order valence-electron chi connectivity index (χ1n) is 10.4. The van der Waals surface area contributed by atoms with Crippen LogP contribution >= 0.6 is 0 Å². The Balaban J connectivity index is 1.74. The molecule has 0 bridgehead atoms. The molecule has 4 N–H and O–H groups in total. The standard InChI is InChI=1S/C24H23N7O/c1-13-7-4-5-10-17(13)31-18(11-16-9-6-8-14(2)19(16)23(31)32)15(3)28-22-20-21(27-12-26-20)29-24(25)30-22/h4-12,15H,1-3H3,(H4,25,26,27,28,29,30)/t15-/m0/s1. The van der Waals surface area contributed by atoms with E-state index in [-0.39, 0.29) is 17.5 Å². The number of pyridine rings is 1. The van der Waals surface area contributed by atoms with Crippen molar-refractivity contribution in [1.82, 2.24) is 24.5 Å². The molecule has 0 amide bonds. The number of rotatable bonds is 4. The lowest BCUT2D eigenvalue weighted by molar-refractivity contribution is 0.772. The Morgan fingerprint density at radius 3 is 2.66 bits per heavy atom. The Hall–Kier alpha value is -4.20. The van der Waals surface area contributed by atoms with E-state index >= 15 is 0 Å². The molecule has 0 spiro atoms. The third kappa shape index (κ3) is 3.17. The van der Waals surface area contributed by atoms with Crippen molar-refractivity contribution < 1.29 is 0 Å². The topological polar surface area (TPSA) is 115 Å². The fourth-order valence-corrected chi connectivity index (χ4v) is 4.17. The van der Waals surface area contributed by atoms with Crippen molar-refractivity contribution >= 4 is 33.7 Å². The lowest BCUT2D eigenvalue weighted by Crippen LogP contribution is -2.26. The van der Waals surface area contributed by atoms with Crippen LogP contribution in [0, 0.1) is 13.8 Å². The number of aromatic amines is 1. The van der Waals surface area contributed by atoms with Crippen molar-refractivity contribution in [2.24, 2.45) is 0 Å². The lowest BCUT2D eigenvalue weighted by atomic mass is 10.0. The zero-order chi connectivity index (χ0) is 22.4. The van der Waals surface area contributed by atoms with Gasteiger partial charge in [0, 0.05) is 5.69 Å². The number of aromatic nitrogens is 5. The van der Waals surface area contributed by atoms with Crippen LogP contribution in [0.1, 0.15) is 29.8 Å². The third-order valence-corrected chi connectivity index (χ3v) is 5.74. The summed E-state index contributed by atoms with van der Waals surface area (Å²) in [7, 11) is 0. The number of nitrogens with zero attached hydrogens (tertiary/aromatic N) is 4. The van der Waals surface area contributed by atoms with E-state index in [1.54, 1.807) is 10.9 Å². The predicted octanol–water partition coefficient (Wildman–Crippen LogP) is 4.03. The SMILES string of the molecule is Cc1ccccc1-n1c([C@H](C)Nc2nc(N)nc3nc[nH]c23)cc2cccc(C)c2c1=O. The molecule has 0 saturated carbocycles. The van der Waals surface area contributed by atoms with Gasteiger partial charge in [-0.25, -0.2) is 4.98 Å². The summed E-state index contributed by atoms with van der Waals surface area (Å²) in [6.07, 6.45) is 1.55. The highest BCUT2D eigenvalue weighted by atomic mass is 16.1. The van der Waals surface area contributed by atoms with Crippen LogP contribution in [-0.4, -0.2) is 24.5 Å². The molecule has 5 rings (SSSR count). The van der Waals surface area contributed by atoms with Gasteiger partial charge >= 0.3 is 0 Å². The quantitative estimate of drug-likeness (QED) is 0.400. The van der Waals surface area contributed by atoms with Crippen LogP contribution in [-0.2, 0) is 0 Å². The van der Waals surface area contributed by atoms with Crippen LogP contribution in [0.4, 0.5) is 11.8 Å². The molecule has 3 aromatic heterocycles. The lowest BCUT2D eigenvalue weighted by Gasteiger charge is -2.23. The fourth-order valence-electron chi connectivity index (χ4n) is 4.17. The Morgan fingerprint density at radius 2 is 1.84 bits per heavy atom. The van der Waals surface area contributed by atoms with Crippen molar-refractivity contribution in [3.05, 3.63) is 82.0 Å². The number of aryl methyl sites for hydroxylation is 2. The van der Waals surface area contributed by atoms with Crippen molar-refractivity contribution in [2.45, 2.75) is 26.8 Å². The third-order valence-electron chi connectivity index (χ3n) is 5.74. The predicted molar refractivity (Wildman–Crippen MR) is 127 cm³/mol. The van der Waals surface area contributed by atoms with E-state index in [4.69, 9.17) is 5.73 Å². The second-order valence-electron chi connectivity index (χ2n) is 7.93. The Labute approximate surface area is 184 Å². The zero-order valence-corrected chi connectivity index (χ0v) is 18.0. The van der Waals surface area contributed by atoms with Gasteiger partial charge in [0.2, 0.25) is 5.95 Å². The van der Waals surface area contributed by atoms with Gasteiger partial charge in [-0.1, -0.05) is 36.4 Å². The molecule has 8 nitrogen and oxygen atoms in total. The first-order chi connectivity index (χ1) is 15.4. The number of benzene rings is 2. The van der Waals surface area contributed by atoms with Crippen LogP contribution in [0.3, 0.4) is 0 Å². The molecule has 0 radical (unpaired) electrons. The van der Waals surface area contributed by atoms with Gasteiger partial charge in [-0.15, -0.1) is 0 Å². The van der Waals surface area contributed by atoms with Gasteiger partial charge in [-0.2, -0.15) is 9.97 Å².